The highest BCUT2D eigenvalue weighted by molar-refractivity contribution is 7.89. The van der Waals surface area contributed by atoms with Crippen molar-refractivity contribution in [3.05, 3.63) is 29.6 Å². The minimum absolute atomic E-state index is 0.122. The fourth-order valence-corrected chi connectivity index (χ4v) is 4.39. The van der Waals surface area contributed by atoms with Gasteiger partial charge in [-0.3, -0.25) is 0 Å². The van der Waals surface area contributed by atoms with Crippen molar-refractivity contribution < 1.29 is 12.8 Å². The largest absolute Gasteiger partial charge is 0.330 e. The van der Waals surface area contributed by atoms with Crippen LogP contribution in [0.3, 0.4) is 0 Å². The van der Waals surface area contributed by atoms with E-state index in [9.17, 15) is 12.8 Å². The molecular weight excluding hydrogens is 279 g/mol. The Kier molecular flexibility index (Phi) is 4.78. The molecule has 1 aliphatic rings. The highest BCUT2D eigenvalue weighted by atomic mass is 32.2. The predicted octanol–water partition coefficient (Wildman–Crippen LogP) is 1.93. The van der Waals surface area contributed by atoms with Crippen LogP contribution in [-0.4, -0.2) is 21.0 Å². The Morgan fingerprint density at radius 1 is 1.35 bits per heavy atom. The Morgan fingerprint density at radius 2 is 2.05 bits per heavy atom. The average molecular weight is 300 g/mol. The van der Waals surface area contributed by atoms with Gasteiger partial charge >= 0.3 is 0 Å². The van der Waals surface area contributed by atoms with E-state index >= 15 is 0 Å². The molecule has 20 heavy (non-hydrogen) atoms. The highest BCUT2D eigenvalue weighted by Crippen LogP contribution is 2.26. The minimum Gasteiger partial charge on any atom is -0.330 e. The summed E-state index contributed by atoms with van der Waals surface area (Å²) < 4.78 is 40.7. The van der Waals surface area contributed by atoms with Crippen molar-refractivity contribution in [3.8, 4) is 0 Å². The van der Waals surface area contributed by atoms with Crippen molar-refractivity contribution in [1.29, 1.82) is 0 Å². The van der Waals surface area contributed by atoms with E-state index in [1.54, 1.807) is 6.92 Å². The molecule has 4 nitrogen and oxygen atoms in total. The van der Waals surface area contributed by atoms with E-state index in [2.05, 4.69) is 4.72 Å². The summed E-state index contributed by atoms with van der Waals surface area (Å²) in [5, 5.41) is 0. The molecule has 0 saturated heterocycles. The Morgan fingerprint density at radius 3 is 2.70 bits per heavy atom. The summed E-state index contributed by atoms with van der Waals surface area (Å²) >= 11 is 0. The maximum Gasteiger partial charge on any atom is 0.241 e. The van der Waals surface area contributed by atoms with Gasteiger partial charge < -0.3 is 5.73 Å². The monoisotopic (exact) mass is 300 g/mol. The van der Waals surface area contributed by atoms with E-state index in [1.807, 2.05) is 0 Å². The fourth-order valence-electron chi connectivity index (χ4n) is 2.82. The zero-order chi connectivity index (χ0) is 14.8. The van der Waals surface area contributed by atoms with E-state index in [0.717, 1.165) is 25.7 Å². The number of hydrogen-bond donors (Lipinski definition) is 2. The molecule has 3 N–H and O–H groups in total. The molecule has 112 valence electrons. The van der Waals surface area contributed by atoms with Gasteiger partial charge in [-0.25, -0.2) is 17.5 Å². The van der Waals surface area contributed by atoms with Crippen LogP contribution in [0.2, 0.25) is 0 Å². The molecular formula is C14H21FN2O2S. The van der Waals surface area contributed by atoms with Gasteiger partial charge in [0, 0.05) is 6.04 Å². The average Bonchev–Trinajstić information content (AvgIpc) is 2.38. The third-order valence-electron chi connectivity index (χ3n) is 3.94. The lowest BCUT2D eigenvalue weighted by Gasteiger charge is -2.31. The van der Waals surface area contributed by atoms with Crippen LogP contribution in [0.15, 0.2) is 23.1 Å². The van der Waals surface area contributed by atoms with Gasteiger partial charge in [0.1, 0.15) is 5.82 Å². The first-order chi connectivity index (χ1) is 9.44. The van der Waals surface area contributed by atoms with Crippen LogP contribution < -0.4 is 10.5 Å². The summed E-state index contributed by atoms with van der Waals surface area (Å²) in [6.07, 6.45) is 3.86. The van der Waals surface area contributed by atoms with E-state index in [0.29, 0.717) is 12.1 Å². The van der Waals surface area contributed by atoms with Gasteiger partial charge in [0.2, 0.25) is 10.0 Å². The summed E-state index contributed by atoms with van der Waals surface area (Å²) in [7, 11) is -3.62. The van der Waals surface area contributed by atoms with Crippen molar-refractivity contribution in [2.24, 2.45) is 11.7 Å². The molecule has 0 amide bonds. The lowest BCUT2D eigenvalue weighted by molar-refractivity contribution is 0.296. The fraction of sp³-hybridized carbons (Fsp3) is 0.571. The quantitative estimate of drug-likeness (QED) is 0.892. The first kappa shape index (κ1) is 15.4. The molecule has 1 aromatic carbocycles. The third-order valence-corrected chi connectivity index (χ3v) is 5.59. The normalized spacial score (nSPS) is 23.8. The Balaban J connectivity index is 2.22. The maximum absolute atomic E-state index is 13.1. The second kappa shape index (κ2) is 6.20. The number of aryl methyl sites for hydroxylation is 1. The van der Waals surface area contributed by atoms with Crippen LogP contribution in [0, 0.1) is 18.7 Å². The number of benzene rings is 1. The van der Waals surface area contributed by atoms with E-state index in [1.165, 1.54) is 18.2 Å². The number of halogens is 1. The second-order valence-corrected chi connectivity index (χ2v) is 7.10. The third kappa shape index (κ3) is 3.37. The highest BCUT2D eigenvalue weighted by Gasteiger charge is 2.29. The molecule has 2 rings (SSSR count). The summed E-state index contributed by atoms with van der Waals surface area (Å²) in [4.78, 5) is 0.139. The molecule has 1 aliphatic carbocycles. The standard InChI is InChI=1S/C14H21FN2O2S/c1-10-8-12(15)6-7-14(10)20(18,19)17-13-5-3-2-4-11(13)9-16/h6-8,11,13,17H,2-5,9,16H2,1H3. The Bertz CT molecular complexity index is 575. The van der Waals surface area contributed by atoms with Crippen molar-refractivity contribution >= 4 is 10.0 Å². The predicted molar refractivity (Wildman–Crippen MR) is 76.3 cm³/mol. The van der Waals surface area contributed by atoms with Gasteiger partial charge in [0.25, 0.3) is 0 Å². The summed E-state index contributed by atoms with van der Waals surface area (Å²) in [5.74, 6) is -0.252. The summed E-state index contributed by atoms with van der Waals surface area (Å²) in [6, 6.07) is 3.59. The number of hydrogen-bond acceptors (Lipinski definition) is 3. The number of nitrogens with one attached hydrogen (secondary N) is 1. The summed E-state index contributed by atoms with van der Waals surface area (Å²) in [6.45, 7) is 2.08. The van der Waals surface area contributed by atoms with Gasteiger partial charge in [-0.2, -0.15) is 0 Å². The molecule has 0 aromatic heterocycles. The van der Waals surface area contributed by atoms with Crippen LogP contribution >= 0.6 is 0 Å². The van der Waals surface area contributed by atoms with Gasteiger partial charge in [-0.1, -0.05) is 12.8 Å². The molecule has 0 aliphatic heterocycles. The van der Waals surface area contributed by atoms with Crippen molar-refractivity contribution in [1.82, 2.24) is 4.72 Å². The van der Waals surface area contributed by atoms with Crippen LogP contribution in [-0.2, 0) is 10.0 Å². The van der Waals surface area contributed by atoms with Gasteiger partial charge in [-0.05, 0) is 56.0 Å². The van der Waals surface area contributed by atoms with Crippen molar-refractivity contribution in [3.63, 3.8) is 0 Å². The first-order valence-corrected chi connectivity index (χ1v) is 8.41. The first-order valence-electron chi connectivity index (χ1n) is 6.92. The smallest absolute Gasteiger partial charge is 0.241 e. The lowest BCUT2D eigenvalue weighted by atomic mass is 9.85. The van der Waals surface area contributed by atoms with Gasteiger partial charge in [0.05, 0.1) is 4.90 Å². The van der Waals surface area contributed by atoms with E-state index in [4.69, 9.17) is 5.73 Å². The molecule has 1 saturated carbocycles. The number of nitrogens with two attached hydrogens (primary N) is 1. The molecule has 2 unspecified atom stereocenters. The molecule has 0 heterocycles. The number of sulfonamides is 1. The second-order valence-electron chi connectivity index (χ2n) is 5.42. The molecule has 2 atom stereocenters. The molecule has 1 aromatic rings. The van der Waals surface area contributed by atoms with Gasteiger partial charge in [0.15, 0.2) is 0 Å². The van der Waals surface area contributed by atoms with E-state index < -0.39 is 15.8 Å². The topological polar surface area (TPSA) is 72.2 Å². The SMILES string of the molecule is Cc1cc(F)ccc1S(=O)(=O)NC1CCCCC1CN. The van der Waals surface area contributed by atoms with Crippen LogP contribution in [0.4, 0.5) is 4.39 Å². The molecule has 6 heteroatoms. The molecule has 1 fully saturated rings. The lowest BCUT2D eigenvalue weighted by Crippen LogP contribution is -2.44. The molecule has 0 bridgehead atoms. The van der Waals surface area contributed by atoms with Crippen LogP contribution in [0.25, 0.3) is 0 Å². The molecule has 0 radical (unpaired) electrons. The van der Waals surface area contributed by atoms with E-state index in [-0.39, 0.29) is 16.9 Å². The van der Waals surface area contributed by atoms with Crippen molar-refractivity contribution in [2.45, 2.75) is 43.5 Å². The Labute approximate surface area is 119 Å². The zero-order valence-corrected chi connectivity index (χ0v) is 12.4. The van der Waals surface area contributed by atoms with Crippen LogP contribution in [0.1, 0.15) is 31.2 Å². The Hall–Kier alpha value is -0.980. The summed E-state index contributed by atoms with van der Waals surface area (Å²) in [5.41, 5.74) is 6.13. The van der Waals surface area contributed by atoms with Gasteiger partial charge in [-0.15, -0.1) is 0 Å². The minimum atomic E-state index is -3.62. The van der Waals surface area contributed by atoms with Crippen molar-refractivity contribution in [2.75, 3.05) is 6.54 Å². The maximum atomic E-state index is 13.1. The molecule has 0 spiro atoms. The van der Waals surface area contributed by atoms with Crippen LogP contribution in [0.5, 0.6) is 0 Å². The zero-order valence-electron chi connectivity index (χ0n) is 11.6. The number of rotatable bonds is 4.